The number of amides is 1. The van der Waals surface area contributed by atoms with Gasteiger partial charge in [0.25, 0.3) is 0 Å². The van der Waals surface area contributed by atoms with Crippen LogP contribution in [-0.4, -0.2) is 35.4 Å². The molecular weight excluding hydrogens is 298 g/mol. The van der Waals surface area contributed by atoms with Crippen LogP contribution in [0.15, 0.2) is 48.7 Å². The molecule has 0 spiro atoms. The zero-order chi connectivity index (χ0) is 16.7. The predicted octanol–water partition coefficient (Wildman–Crippen LogP) is 3.05. The largest absolute Gasteiger partial charge is 0.371 e. The molecule has 2 saturated heterocycles. The lowest BCUT2D eigenvalue weighted by Crippen LogP contribution is -2.34. The highest BCUT2D eigenvalue weighted by Gasteiger charge is 2.48. The summed E-state index contributed by atoms with van der Waals surface area (Å²) in [6.45, 7) is 6.60. The quantitative estimate of drug-likeness (QED) is 0.853. The molecule has 1 aromatic heterocycles. The molecule has 4 rings (SSSR count). The van der Waals surface area contributed by atoms with Gasteiger partial charge in [0, 0.05) is 56.0 Å². The third-order valence-corrected chi connectivity index (χ3v) is 5.46. The van der Waals surface area contributed by atoms with Gasteiger partial charge in [-0.1, -0.05) is 30.3 Å². The summed E-state index contributed by atoms with van der Waals surface area (Å²) in [5.41, 5.74) is 3.56. The van der Waals surface area contributed by atoms with Crippen molar-refractivity contribution in [3.8, 4) is 0 Å². The Bertz CT molecular complexity index is 746. The van der Waals surface area contributed by atoms with Gasteiger partial charge in [-0.05, 0) is 24.6 Å². The molecule has 0 radical (unpaired) electrons. The van der Waals surface area contributed by atoms with E-state index in [0.29, 0.717) is 11.8 Å². The van der Waals surface area contributed by atoms with E-state index in [2.05, 4.69) is 51.2 Å². The fourth-order valence-electron chi connectivity index (χ4n) is 4.38. The van der Waals surface area contributed by atoms with Crippen LogP contribution in [0.1, 0.15) is 24.2 Å². The van der Waals surface area contributed by atoms with Crippen molar-refractivity contribution in [1.82, 2.24) is 9.88 Å². The number of anilines is 1. The number of carbonyl (C=O) groups is 1. The van der Waals surface area contributed by atoms with E-state index in [0.717, 1.165) is 25.3 Å². The molecule has 0 unspecified atom stereocenters. The van der Waals surface area contributed by atoms with Crippen LogP contribution in [0.3, 0.4) is 0 Å². The summed E-state index contributed by atoms with van der Waals surface area (Å²) in [6.07, 6.45) is 1.88. The molecule has 0 saturated carbocycles. The highest BCUT2D eigenvalue weighted by atomic mass is 16.2. The standard InChI is InChI=1S/C20H23N3O/c1-14-10-18(8-9-21-14)22-11-17-12-23(15(2)24)20(19(17)13-22)16-6-4-3-5-7-16/h3-10,17,19-20H,11-13H2,1-2H3/t17-,19-,20-/m1/s1. The molecule has 1 amide bonds. The van der Waals surface area contributed by atoms with Crippen molar-refractivity contribution in [3.63, 3.8) is 0 Å². The summed E-state index contributed by atoms with van der Waals surface area (Å²) in [6, 6.07) is 14.9. The number of benzene rings is 1. The highest BCUT2D eigenvalue weighted by molar-refractivity contribution is 5.74. The van der Waals surface area contributed by atoms with Gasteiger partial charge in [0.05, 0.1) is 6.04 Å². The summed E-state index contributed by atoms with van der Waals surface area (Å²) >= 11 is 0. The number of rotatable bonds is 2. The number of fused-ring (bicyclic) bond motifs is 1. The predicted molar refractivity (Wildman–Crippen MR) is 94.7 cm³/mol. The summed E-state index contributed by atoms with van der Waals surface area (Å²) in [5, 5.41) is 0. The van der Waals surface area contributed by atoms with E-state index in [1.165, 1.54) is 11.3 Å². The Labute approximate surface area is 143 Å². The SMILES string of the molecule is CC(=O)N1C[C@H]2CN(c3ccnc(C)c3)C[C@H]2[C@H]1c1ccccc1. The maximum atomic E-state index is 12.2. The first kappa shape index (κ1) is 15.2. The van der Waals surface area contributed by atoms with Crippen LogP contribution in [0.5, 0.6) is 0 Å². The van der Waals surface area contributed by atoms with Crippen LogP contribution in [0.2, 0.25) is 0 Å². The minimum atomic E-state index is 0.185. The van der Waals surface area contributed by atoms with Gasteiger partial charge in [0.1, 0.15) is 0 Å². The molecule has 0 N–H and O–H groups in total. The molecule has 0 bridgehead atoms. The summed E-state index contributed by atoms with van der Waals surface area (Å²) in [4.78, 5) is 21.0. The average molecular weight is 321 g/mol. The van der Waals surface area contributed by atoms with Gasteiger partial charge in [-0.25, -0.2) is 0 Å². The zero-order valence-corrected chi connectivity index (χ0v) is 14.2. The van der Waals surface area contributed by atoms with Gasteiger partial charge < -0.3 is 9.80 Å². The van der Waals surface area contributed by atoms with Crippen molar-refractivity contribution >= 4 is 11.6 Å². The Hall–Kier alpha value is -2.36. The first-order valence-corrected chi connectivity index (χ1v) is 8.63. The number of hydrogen-bond donors (Lipinski definition) is 0. The maximum Gasteiger partial charge on any atom is 0.219 e. The van der Waals surface area contributed by atoms with E-state index in [9.17, 15) is 4.79 Å². The van der Waals surface area contributed by atoms with Crippen LogP contribution < -0.4 is 4.90 Å². The Balaban J connectivity index is 1.63. The van der Waals surface area contributed by atoms with Crippen molar-refractivity contribution in [3.05, 3.63) is 59.9 Å². The topological polar surface area (TPSA) is 36.4 Å². The number of likely N-dealkylation sites (tertiary alicyclic amines) is 1. The van der Waals surface area contributed by atoms with E-state index in [1.54, 1.807) is 6.92 Å². The van der Waals surface area contributed by atoms with Crippen molar-refractivity contribution in [1.29, 1.82) is 0 Å². The van der Waals surface area contributed by atoms with Gasteiger partial charge in [0.2, 0.25) is 5.91 Å². The zero-order valence-electron chi connectivity index (χ0n) is 14.2. The third-order valence-electron chi connectivity index (χ3n) is 5.46. The molecule has 1 aromatic carbocycles. The number of hydrogen-bond acceptors (Lipinski definition) is 3. The lowest BCUT2D eigenvalue weighted by Gasteiger charge is -2.29. The number of aryl methyl sites for hydroxylation is 1. The smallest absolute Gasteiger partial charge is 0.219 e. The molecule has 2 aromatic rings. The molecule has 124 valence electrons. The molecular formula is C20H23N3O. The first-order chi connectivity index (χ1) is 11.6. The van der Waals surface area contributed by atoms with Crippen molar-refractivity contribution in [2.75, 3.05) is 24.5 Å². The van der Waals surface area contributed by atoms with Gasteiger partial charge in [0.15, 0.2) is 0 Å². The van der Waals surface area contributed by atoms with Crippen LogP contribution in [0, 0.1) is 18.8 Å². The second-order valence-corrected chi connectivity index (χ2v) is 7.01. The number of aromatic nitrogens is 1. The monoisotopic (exact) mass is 321 g/mol. The van der Waals surface area contributed by atoms with Crippen molar-refractivity contribution in [2.24, 2.45) is 11.8 Å². The molecule has 24 heavy (non-hydrogen) atoms. The third kappa shape index (κ3) is 2.56. The van der Waals surface area contributed by atoms with E-state index in [4.69, 9.17) is 0 Å². The summed E-state index contributed by atoms with van der Waals surface area (Å²) in [5.74, 6) is 1.21. The van der Waals surface area contributed by atoms with Gasteiger partial charge in [-0.3, -0.25) is 9.78 Å². The molecule has 4 heteroatoms. The Kier molecular flexibility index (Phi) is 3.75. The second kappa shape index (κ2) is 5.93. The minimum Gasteiger partial charge on any atom is -0.371 e. The lowest BCUT2D eigenvalue weighted by atomic mass is 9.89. The molecule has 4 nitrogen and oxygen atoms in total. The summed E-state index contributed by atoms with van der Waals surface area (Å²) < 4.78 is 0. The van der Waals surface area contributed by atoms with Crippen LogP contribution in [-0.2, 0) is 4.79 Å². The van der Waals surface area contributed by atoms with E-state index < -0.39 is 0 Å². The van der Waals surface area contributed by atoms with Crippen LogP contribution in [0.4, 0.5) is 5.69 Å². The molecule has 2 aliphatic rings. The maximum absolute atomic E-state index is 12.2. The Morgan fingerprint density at radius 3 is 2.62 bits per heavy atom. The van der Waals surface area contributed by atoms with Crippen molar-refractivity contribution in [2.45, 2.75) is 19.9 Å². The second-order valence-electron chi connectivity index (χ2n) is 7.01. The van der Waals surface area contributed by atoms with Crippen LogP contribution in [0.25, 0.3) is 0 Å². The first-order valence-electron chi connectivity index (χ1n) is 8.63. The van der Waals surface area contributed by atoms with Gasteiger partial charge in [-0.15, -0.1) is 0 Å². The highest BCUT2D eigenvalue weighted by Crippen LogP contribution is 2.45. The van der Waals surface area contributed by atoms with Crippen molar-refractivity contribution < 1.29 is 4.79 Å². The number of pyridine rings is 1. The van der Waals surface area contributed by atoms with Crippen LogP contribution >= 0.6 is 0 Å². The Morgan fingerprint density at radius 1 is 1.12 bits per heavy atom. The molecule has 3 atom stereocenters. The minimum absolute atomic E-state index is 0.185. The van der Waals surface area contributed by atoms with Gasteiger partial charge >= 0.3 is 0 Å². The normalized spacial score (nSPS) is 25.8. The molecule has 2 fully saturated rings. The Morgan fingerprint density at radius 2 is 1.92 bits per heavy atom. The van der Waals surface area contributed by atoms with Gasteiger partial charge in [-0.2, -0.15) is 0 Å². The number of carbonyl (C=O) groups excluding carboxylic acids is 1. The summed E-state index contributed by atoms with van der Waals surface area (Å²) in [7, 11) is 0. The van der Waals surface area contributed by atoms with E-state index in [-0.39, 0.29) is 11.9 Å². The lowest BCUT2D eigenvalue weighted by molar-refractivity contribution is -0.130. The molecule has 0 aliphatic carbocycles. The fourth-order valence-corrected chi connectivity index (χ4v) is 4.38. The van der Waals surface area contributed by atoms with E-state index in [1.807, 2.05) is 19.2 Å². The van der Waals surface area contributed by atoms with E-state index >= 15 is 0 Å². The number of nitrogens with zero attached hydrogens (tertiary/aromatic N) is 3. The molecule has 2 aliphatic heterocycles. The fraction of sp³-hybridized carbons (Fsp3) is 0.400. The average Bonchev–Trinajstić information content (AvgIpc) is 3.13. The molecule has 3 heterocycles.